The van der Waals surface area contributed by atoms with Gasteiger partial charge < -0.3 is 14.4 Å². The zero-order valence-electron chi connectivity index (χ0n) is 10.6. The molecule has 0 unspecified atom stereocenters. The number of nitrogens with zero attached hydrogens (tertiary/aromatic N) is 2. The second-order valence-electron chi connectivity index (χ2n) is 4.86. The topological polar surface area (TPSA) is 66.6 Å². The molecular formula is C14H16N2O3. The highest BCUT2D eigenvalue weighted by Gasteiger charge is 2.16. The van der Waals surface area contributed by atoms with E-state index < -0.39 is 5.97 Å². The molecule has 0 spiro atoms. The molecular weight excluding hydrogens is 244 g/mol. The number of carboxylic acid groups (broad SMARTS) is 1. The van der Waals surface area contributed by atoms with Gasteiger partial charge in [0.2, 0.25) is 0 Å². The molecule has 2 heterocycles. The molecule has 5 nitrogen and oxygen atoms in total. The monoisotopic (exact) mass is 260 g/mol. The molecule has 0 aliphatic carbocycles. The van der Waals surface area contributed by atoms with Crippen LogP contribution in [0.25, 0.3) is 11.1 Å². The fourth-order valence-corrected chi connectivity index (χ4v) is 2.53. The van der Waals surface area contributed by atoms with E-state index >= 15 is 0 Å². The number of benzene rings is 1. The van der Waals surface area contributed by atoms with Crippen LogP contribution in [0.5, 0.6) is 0 Å². The Labute approximate surface area is 110 Å². The Morgan fingerprint density at radius 1 is 1.37 bits per heavy atom. The van der Waals surface area contributed by atoms with Gasteiger partial charge in [-0.15, -0.1) is 0 Å². The van der Waals surface area contributed by atoms with E-state index in [1.807, 2.05) is 0 Å². The third-order valence-electron chi connectivity index (χ3n) is 3.53. The maximum atomic E-state index is 11.1. The fourth-order valence-electron chi connectivity index (χ4n) is 2.53. The predicted molar refractivity (Wildman–Crippen MR) is 70.3 cm³/mol. The molecule has 0 radical (unpaired) electrons. The highest BCUT2D eigenvalue weighted by molar-refractivity contribution is 6.00. The summed E-state index contributed by atoms with van der Waals surface area (Å²) in [7, 11) is 0. The van der Waals surface area contributed by atoms with Crippen molar-refractivity contribution in [2.75, 3.05) is 19.6 Å². The quantitative estimate of drug-likeness (QED) is 0.912. The van der Waals surface area contributed by atoms with Crippen LogP contribution in [0.4, 0.5) is 0 Å². The largest absolute Gasteiger partial charge is 0.478 e. The molecule has 3 rings (SSSR count). The molecule has 2 aromatic rings. The molecule has 1 aliphatic heterocycles. The molecule has 100 valence electrons. The number of hydrogen-bond acceptors (Lipinski definition) is 4. The Kier molecular flexibility index (Phi) is 3.21. The minimum absolute atomic E-state index is 0.202. The van der Waals surface area contributed by atoms with Crippen LogP contribution in [0.3, 0.4) is 0 Å². The van der Waals surface area contributed by atoms with Crippen molar-refractivity contribution in [2.45, 2.75) is 19.3 Å². The molecule has 1 aliphatic rings. The number of carbonyl (C=O) groups is 1. The minimum atomic E-state index is -0.968. The van der Waals surface area contributed by atoms with E-state index in [0.717, 1.165) is 26.1 Å². The number of rotatable bonds is 4. The van der Waals surface area contributed by atoms with Gasteiger partial charge in [0.1, 0.15) is 5.52 Å². The number of likely N-dealkylation sites (tertiary alicyclic amines) is 1. The van der Waals surface area contributed by atoms with E-state index in [0.29, 0.717) is 17.0 Å². The zero-order valence-corrected chi connectivity index (χ0v) is 10.6. The Morgan fingerprint density at radius 2 is 2.16 bits per heavy atom. The first-order valence-corrected chi connectivity index (χ1v) is 6.58. The second kappa shape index (κ2) is 5.01. The molecule has 1 aromatic carbocycles. The van der Waals surface area contributed by atoms with Gasteiger partial charge in [-0.05, 0) is 38.1 Å². The summed E-state index contributed by atoms with van der Waals surface area (Å²) in [6.45, 7) is 3.20. The van der Waals surface area contributed by atoms with E-state index in [1.54, 1.807) is 18.2 Å². The number of oxazole rings is 1. The minimum Gasteiger partial charge on any atom is -0.478 e. The molecule has 1 fully saturated rings. The molecule has 0 bridgehead atoms. The number of para-hydroxylation sites is 1. The second-order valence-corrected chi connectivity index (χ2v) is 4.86. The number of hydrogen-bond donors (Lipinski definition) is 1. The number of carboxylic acids is 1. The summed E-state index contributed by atoms with van der Waals surface area (Å²) in [5.74, 6) is -0.347. The van der Waals surface area contributed by atoms with Gasteiger partial charge in [-0.3, -0.25) is 0 Å². The molecule has 0 amide bonds. The lowest BCUT2D eigenvalue weighted by Gasteiger charge is -2.12. The maximum absolute atomic E-state index is 11.1. The first-order valence-electron chi connectivity index (χ1n) is 6.58. The van der Waals surface area contributed by atoms with Gasteiger partial charge in [-0.25, -0.2) is 9.78 Å². The van der Waals surface area contributed by atoms with Gasteiger partial charge in [0.05, 0.1) is 5.56 Å². The van der Waals surface area contributed by atoms with Crippen LogP contribution >= 0.6 is 0 Å². The third-order valence-corrected chi connectivity index (χ3v) is 3.53. The van der Waals surface area contributed by atoms with E-state index in [2.05, 4.69) is 9.88 Å². The van der Waals surface area contributed by atoms with Gasteiger partial charge in [0, 0.05) is 13.0 Å². The SMILES string of the molecule is O=C(O)c1cccc2oc(CCN3CCCC3)nc12. The predicted octanol–water partition coefficient (Wildman–Crippen LogP) is 2.16. The van der Waals surface area contributed by atoms with E-state index in [1.165, 1.54) is 12.8 Å². The summed E-state index contributed by atoms with van der Waals surface area (Å²) in [6.07, 6.45) is 3.25. The summed E-state index contributed by atoms with van der Waals surface area (Å²) in [4.78, 5) is 17.8. The normalized spacial score (nSPS) is 16.2. The first kappa shape index (κ1) is 12.2. The molecule has 1 N–H and O–H groups in total. The number of aromatic nitrogens is 1. The molecule has 0 atom stereocenters. The lowest BCUT2D eigenvalue weighted by molar-refractivity contribution is 0.0699. The fraction of sp³-hybridized carbons (Fsp3) is 0.429. The molecule has 19 heavy (non-hydrogen) atoms. The van der Waals surface area contributed by atoms with Crippen LogP contribution in [0.15, 0.2) is 22.6 Å². The van der Waals surface area contributed by atoms with Gasteiger partial charge in [0.25, 0.3) is 0 Å². The van der Waals surface area contributed by atoms with Crippen molar-refractivity contribution in [1.29, 1.82) is 0 Å². The van der Waals surface area contributed by atoms with Gasteiger partial charge >= 0.3 is 5.97 Å². The lowest BCUT2D eigenvalue weighted by atomic mass is 10.2. The van der Waals surface area contributed by atoms with Crippen molar-refractivity contribution < 1.29 is 14.3 Å². The Balaban J connectivity index is 1.80. The third kappa shape index (κ3) is 2.46. The average Bonchev–Trinajstić information content (AvgIpc) is 3.04. The summed E-state index contributed by atoms with van der Waals surface area (Å²) in [6, 6.07) is 4.99. The smallest absolute Gasteiger partial charge is 0.338 e. The van der Waals surface area contributed by atoms with Crippen LogP contribution in [0, 0.1) is 0 Å². The highest BCUT2D eigenvalue weighted by Crippen LogP contribution is 2.20. The average molecular weight is 260 g/mol. The van der Waals surface area contributed by atoms with E-state index in [4.69, 9.17) is 9.52 Å². The zero-order chi connectivity index (χ0) is 13.2. The van der Waals surface area contributed by atoms with Crippen molar-refractivity contribution in [3.05, 3.63) is 29.7 Å². The highest BCUT2D eigenvalue weighted by atomic mass is 16.4. The van der Waals surface area contributed by atoms with Gasteiger partial charge in [-0.2, -0.15) is 0 Å². The van der Waals surface area contributed by atoms with Crippen molar-refractivity contribution >= 4 is 17.1 Å². The summed E-state index contributed by atoms with van der Waals surface area (Å²) < 4.78 is 5.62. The lowest BCUT2D eigenvalue weighted by Crippen LogP contribution is -2.21. The van der Waals surface area contributed by atoms with Crippen LogP contribution in [0.1, 0.15) is 29.1 Å². The van der Waals surface area contributed by atoms with Gasteiger partial charge in [0.15, 0.2) is 11.5 Å². The van der Waals surface area contributed by atoms with Gasteiger partial charge in [-0.1, -0.05) is 6.07 Å². The number of fused-ring (bicyclic) bond motifs is 1. The van der Waals surface area contributed by atoms with Crippen molar-refractivity contribution in [2.24, 2.45) is 0 Å². The van der Waals surface area contributed by atoms with Crippen LogP contribution in [-0.2, 0) is 6.42 Å². The van der Waals surface area contributed by atoms with Crippen molar-refractivity contribution in [1.82, 2.24) is 9.88 Å². The van der Waals surface area contributed by atoms with Crippen LogP contribution in [0.2, 0.25) is 0 Å². The summed E-state index contributed by atoms with van der Waals surface area (Å²) >= 11 is 0. The molecule has 1 aromatic heterocycles. The Hall–Kier alpha value is -1.88. The Morgan fingerprint density at radius 3 is 2.89 bits per heavy atom. The van der Waals surface area contributed by atoms with Crippen LogP contribution < -0.4 is 0 Å². The maximum Gasteiger partial charge on any atom is 0.338 e. The van der Waals surface area contributed by atoms with Crippen molar-refractivity contribution in [3.63, 3.8) is 0 Å². The summed E-state index contributed by atoms with van der Waals surface area (Å²) in [5, 5.41) is 9.10. The van der Waals surface area contributed by atoms with E-state index in [-0.39, 0.29) is 5.56 Å². The molecule has 5 heteroatoms. The summed E-state index contributed by atoms with van der Waals surface area (Å²) in [5.41, 5.74) is 1.21. The van der Waals surface area contributed by atoms with E-state index in [9.17, 15) is 4.79 Å². The first-order chi connectivity index (χ1) is 9.24. The molecule has 1 saturated heterocycles. The van der Waals surface area contributed by atoms with Crippen molar-refractivity contribution in [3.8, 4) is 0 Å². The Bertz CT molecular complexity index is 600. The standard InChI is InChI=1S/C14H16N2O3/c17-14(18)10-4-3-5-11-13(10)15-12(19-11)6-9-16-7-1-2-8-16/h3-5H,1-2,6-9H2,(H,17,18). The molecule has 0 saturated carbocycles. The number of aromatic carboxylic acids is 1. The van der Waals surface area contributed by atoms with Crippen LogP contribution in [-0.4, -0.2) is 40.6 Å².